The Bertz CT molecular complexity index is 1080. The molecule has 3 aliphatic carbocycles. The molecule has 3 aliphatic rings. The predicted octanol–water partition coefficient (Wildman–Crippen LogP) is 5.79. The van der Waals surface area contributed by atoms with E-state index >= 15 is 0 Å². The van der Waals surface area contributed by atoms with E-state index in [0.717, 1.165) is 43.2 Å². The number of hydrogen-bond donors (Lipinski definition) is 0. The molecule has 0 radical (unpaired) electrons. The molecular weight excluding hydrogens is 467 g/mol. The van der Waals surface area contributed by atoms with Gasteiger partial charge in [0, 0.05) is 18.5 Å². The summed E-state index contributed by atoms with van der Waals surface area (Å²) in [6.07, 6.45) is 5.53. The van der Waals surface area contributed by atoms with E-state index in [2.05, 4.69) is 36.8 Å². The largest absolute Gasteiger partial charge is 0.534 e. The Morgan fingerprint density at radius 1 is 1.12 bits per heavy atom. The van der Waals surface area contributed by atoms with Gasteiger partial charge < -0.3 is 9.08 Å². The molecule has 0 aromatic heterocycles. The highest BCUT2D eigenvalue weighted by molar-refractivity contribution is 7.88. The van der Waals surface area contributed by atoms with E-state index < -0.39 is 15.6 Å². The number of nitrogens with zero attached hydrogens (tertiary/aromatic N) is 1. The third kappa shape index (κ3) is 4.11. The third-order valence-corrected chi connectivity index (χ3v) is 9.49. The number of amides is 1. The second kappa shape index (κ2) is 8.14. The Hall–Kier alpha value is -1.77. The molecule has 1 aromatic rings. The molecule has 0 aliphatic heterocycles. The molecule has 190 valence electrons. The monoisotopic (exact) mass is 501 g/mol. The van der Waals surface area contributed by atoms with Crippen molar-refractivity contribution in [1.82, 2.24) is 4.90 Å². The predicted molar refractivity (Wildman–Crippen MR) is 123 cm³/mol. The van der Waals surface area contributed by atoms with Crippen molar-refractivity contribution in [2.45, 2.75) is 96.2 Å². The van der Waals surface area contributed by atoms with E-state index in [1.54, 1.807) is 13.0 Å². The molecule has 1 aromatic carbocycles. The number of fused-ring (bicyclic) bond motifs is 5. The second-order valence-corrected chi connectivity index (χ2v) is 13.0. The summed E-state index contributed by atoms with van der Waals surface area (Å²) < 4.78 is 65.3. The summed E-state index contributed by atoms with van der Waals surface area (Å²) in [5, 5.41) is 0. The summed E-state index contributed by atoms with van der Waals surface area (Å²) in [5.74, 6) is 1.01. The maximum absolute atomic E-state index is 12.7. The number of hydrogen-bond acceptors (Lipinski definition) is 4. The average Bonchev–Trinajstić information content (AvgIpc) is 3.02. The van der Waals surface area contributed by atoms with Gasteiger partial charge in [0.1, 0.15) is 5.75 Å². The highest BCUT2D eigenvalue weighted by Gasteiger charge is 2.57. The molecule has 2 fully saturated rings. The number of carbonyl (C=O) groups is 1. The smallest absolute Gasteiger partial charge is 0.376 e. The highest BCUT2D eigenvalue weighted by Crippen LogP contribution is 2.62. The van der Waals surface area contributed by atoms with Crippen molar-refractivity contribution in [3.63, 3.8) is 0 Å². The fourth-order valence-corrected chi connectivity index (χ4v) is 7.79. The van der Waals surface area contributed by atoms with Crippen LogP contribution in [0.15, 0.2) is 18.2 Å². The van der Waals surface area contributed by atoms with Crippen LogP contribution in [0.2, 0.25) is 0 Å². The van der Waals surface area contributed by atoms with Crippen LogP contribution in [0.25, 0.3) is 0 Å². The summed E-state index contributed by atoms with van der Waals surface area (Å²) in [4.78, 5) is 14.7. The van der Waals surface area contributed by atoms with Crippen molar-refractivity contribution >= 4 is 16.0 Å². The van der Waals surface area contributed by atoms with Gasteiger partial charge in [-0.3, -0.25) is 4.79 Å². The molecule has 4 rings (SSSR count). The molecule has 0 saturated heterocycles. The van der Waals surface area contributed by atoms with Crippen molar-refractivity contribution in [1.29, 1.82) is 0 Å². The van der Waals surface area contributed by atoms with Gasteiger partial charge in [-0.15, -0.1) is 0 Å². The van der Waals surface area contributed by atoms with Gasteiger partial charge in [-0.1, -0.05) is 13.0 Å². The molecule has 0 spiro atoms. The second-order valence-electron chi connectivity index (χ2n) is 11.5. The number of benzene rings is 1. The quantitative estimate of drug-likeness (QED) is 0.389. The zero-order valence-electron chi connectivity index (χ0n) is 20.4. The Kier molecular flexibility index (Phi) is 6.06. The van der Waals surface area contributed by atoms with Crippen LogP contribution in [0.4, 0.5) is 13.2 Å². The molecule has 0 heterocycles. The fourth-order valence-electron chi connectivity index (χ4n) is 7.34. The normalized spacial score (nSPS) is 31.3. The van der Waals surface area contributed by atoms with E-state index in [1.165, 1.54) is 12.1 Å². The van der Waals surface area contributed by atoms with Gasteiger partial charge in [0.25, 0.3) is 0 Å². The van der Waals surface area contributed by atoms with Crippen LogP contribution in [0.1, 0.15) is 83.8 Å². The summed E-state index contributed by atoms with van der Waals surface area (Å²) in [6.45, 7) is 10.3. The van der Waals surface area contributed by atoms with Crippen molar-refractivity contribution in [3.05, 3.63) is 29.3 Å². The van der Waals surface area contributed by atoms with Gasteiger partial charge in [0.2, 0.25) is 5.91 Å². The molecule has 0 bridgehead atoms. The molecule has 2 saturated carbocycles. The Labute approximate surface area is 200 Å². The van der Waals surface area contributed by atoms with Crippen LogP contribution in [-0.4, -0.2) is 36.3 Å². The first-order valence-corrected chi connectivity index (χ1v) is 13.4. The SMILES string of the molecule is CC(=O)N(C1CC[C@H]2[C@@H]3CCc4cc(OS(=O)(=O)C(F)(F)F)ccc4[C@H]3CC[C@]12C)C(C)(C)C. The maximum atomic E-state index is 12.7. The van der Waals surface area contributed by atoms with Gasteiger partial charge in [-0.2, -0.15) is 21.6 Å². The molecular formula is C25H34F3NO4S. The third-order valence-electron chi connectivity index (χ3n) is 8.51. The van der Waals surface area contributed by atoms with Gasteiger partial charge in [0.15, 0.2) is 0 Å². The van der Waals surface area contributed by atoms with Crippen LogP contribution in [0, 0.1) is 17.3 Å². The van der Waals surface area contributed by atoms with Crippen LogP contribution in [0.3, 0.4) is 0 Å². The van der Waals surface area contributed by atoms with E-state index in [9.17, 15) is 26.4 Å². The lowest BCUT2D eigenvalue weighted by Crippen LogP contribution is -2.57. The first kappa shape index (κ1) is 25.3. The van der Waals surface area contributed by atoms with Crippen LogP contribution >= 0.6 is 0 Å². The lowest BCUT2D eigenvalue weighted by molar-refractivity contribution is -0.142. The highest BCUT2D eigenvalue weighted by atomic mass is 32.2. The number of alkyl halides is 3. The number of carbonyl (C=O) groups excluding carboxylic acids is 1. The summed E-state index contributed by atoms with van der Waals surface area (Å²) in [5.41, 5.74) is -3.71. The van der Waals surface area contributed by atoms with Crippen molar-refractivity contribution in [2.75, 3.05) is 0 Å². The minimum atomic E-state index is -5.69. The lowest BCUT2D eigenvalue weighted by Gasteiger charge is -2.54. The number of halogens is 3. The zero-order chi connectivity index (χ0) is 25.3. The molecule has 9 heteroatoms. The topological polar surface area (TPSA) is 63.7 Å². The van der Waals surface area contributed by atoms with Gasteiger partial charge in [-0.05, 0) is 106 Å². The number of rotatable bonds is 3. The van der Waals surface area contributed by atoms with Gasteiger partial charge in [0.05, 0.1) is 0 Å². The molecule has 0 N–H and O–H groups in total. The minimum absolute atomic E-state index is 0.0292. The number of aryl methyl sites for hydroxylation is 1. The minimum Gasteiger partial charge on any atom is -0.376 e. The average molecular weight is 502 g/mol. The van der Waals surface area contributed by atoms with Crippen LogP contribution in [0.5, 0.6) is 5.75 Å². The Balaban J connectivity index is 1.59. The Morgan fingerprint density at radius 2 is 1.79 bits per heavy atom. The fraction of sp³-hybridized carbons (Fsp3) is 0.720. The maximum Gasteiger partial charge on any atom is 0.534 e. The van der Waals surface area contributed by atoms with E-state index in [4.69, 9.17) is 0 Å². The zero-order valence-corrected chi connectivity index (χ0v) is 21.2. The van der Waals surface area contributed by atoms with Crippen molar-refractivity contribution < 1.29 is 30.6 Å². The first-order chi connectivity index (χ1) is 15.6. The molecule has 5 atom stereocenters. The molecule has 34 heavy (non-hydrogen) atoms. The Morgan fingerprint density at radius 3 is 2.38 bits per heavy atom. The summed E-state index contributed by atoms with van der Waals surface area (Å²) in [6, 6.07) is 4.74. The summed E-state index contributed by atoms with van der Waals surface area (Å²) in [7, 11) is -5.69. The molecule has 1 amide bonds. The summed E-state index contributed by atoms with van der Waals surface area (Å²) >= 11 is 0. The van der Waals surface area contributed by atoms with E-state index in [-0.39, 0.29) is 34.6 Å². The van der Waals surface area contributed by atoms with Crippen molar-refractivity contribution in [3.8, 4) is 5.75 Å². The van der Waals surface area contributed by atoms with E-state index in [1.807, 2.05) is 0 Å². The van der Waals surface area contributed by atoms with Gasteiger partial charge in [-0.25, -0.2) is 0 Å². The van der Waals surface area contributed by atoms with Crippen LogP contribution in [-0.2, 0) is 21.3 Å². The van der Waals surface area contributed by atoms with Crippen molar-refractivity contribution in [2.24, 2.45) is 17.3 Å². The van der Waals surface area contributed by atoms with Gasteiger partial charge >= 0.3 is 15.6 Å². The molecule has 1 unspecified atom stereocenters. The van der Waals surface area contributed by atoms with Crippen LogP contribution < -0.4 is 4.18 Å². The van der Waals surface area contributed by atoms with E-state index in [0.29, 0.717) is 18.3 Å². The molecule has 5 nitrogen and oxygen atoms in total. The first-order valence-electron chi connectivity index (χ1n) is 12.0. The lowest BCUT2D eigenvalue weighted by atomic mass is 9.55. The standard InChI is InChI=1S/C25H34F3NO4S/c1-15(30)29(23(2,3)4)22-11-10-21-20-8-6-16-14-17(33-34(31,32)25(26,27)28)7-9-18(16)19(20)12-13-24(21,22)5/h7,9,14,19-22H,6,8,10-13H2,1-5H3/t19-,20-,21+,22?,24+/m1/s1.